The molecule has 1 saturated carbocycles. The third-order valence-corrected chi connectivity index (χ3v) is 3.61. The van der Waals surface area contributed by atoms with Crippen LogP contribution in [0.25, 0.3) is 0 Å². The fraction of sp³-hybridized carbons (Fsp3) is 0.636. The third kappa shape index (κ3) is 2.90. The highest BCUT2D eigenvalue weighted by Gasteiger charge is 2.27. The van der Waals surface area contributed by atoms with Crippen LogP contribution < -0.4 is 16.6 Å². The molecule has 104 valence electrons. The summed E-state index contributed by atoms with van der Waals surface area (Å²) in [5.74, 6) is 6.00. The van der Waals surface area contributed by atoms with E-state index in [9.17, 15) is 10.1 Å². The number of aromatic nitrogens is 2. The number of nitrogens with zero attached hydrogens (tertiary/aromatic N) is 3. The number of hydrogen-bond acceptors (Lipinski definition) is 7. The third-order valence-electron chi connectivity index (χ3n) is 3.61. The SMILES string of the molecule is CC(Nc1ncnc(NN)c1[N+](=O)[O-])C1CCCC1. The molecule has 8 heteroatoms. The van der Waals surface area contributed by atoms with E-state index < -0.39 is 4.92 Å². The highest BCUT2D eigenvalue weighted by molar-refractivity contribution is 5.69. The monoisotopic (exact) mass is 266 g/mol. The first-order valence-corrected chi connectivity index (χ1v) is 6.36. The fourth-order valence-electron chi connectivity index (χ4n) is 2.55. The van der Waals surface area contributed by atoms with E-state index in [1.807, 2.05) is 6.92 Å². The maximum absolute atomic E-state index is 11.1. The molecule has 0 spiro atoms. The molecule has 0 radical (unpaired) electrons. The van der Waals surface area contributed by atoms with E-state index >= 15 is 0 Å². The fourth-order valence-corrected chi connectivity index (χ4v) is 2.55. The Labute approximate surface area is 110 Å². The molecular weight excluding hydrogens is 248 g/mol. The van der Waals surface area contributed by atoms with Crippen LogP contribution in [0.15, 0.2) is 6.33 Å². The van der Waals surface area contributed by atoms with Crippen molar-refractivity contribution in [3.63, 3.8) is 0 Å². The molecule has 19 heavy (non-hydrogen) atoms. The van der Waals surface area contributed by atoms with Gasteiger partial charge in [0.05, 0.1) is 4.92 Å². The Kier molecular flexibility index (Phi) is 4.10. The highest BCUT2D eigenvalue weighted by Crippen LogP contribution is 2.32. The Bertz CT molecular complexity index is 460. The van der Waals surface area contributed by atoms with Crippen molar-refractivity contribution in [1.82, 2.24) is 9.97 Å². The van der Waals surface area contributed by atoms with Gasteiger partial charge in [0.2, 0.25) is 11.6 Å². The lowest BCUT2D eigenvalue weighted by Gasteiger charge is -2.20. The maximum Gasteiger partial charge on any atom is 0.354 e. The average molecular weight is 266 g/mol. The Hall–Kier alpha value is -1.96. The zero-order valence-corrected chi connectivity index (χ0v) is 10.8. The molecule has 1 aromatic rings. The maximum atomic E-state index is 11.1. The summed E-state index contributed by atoms with van der Waals surface area (Å²) < 4.78 is 0. The van der Waals surface area contributed by atoms with E-state index in [-0.39, 0.29) is 23.4 Å². The van der Waals surface area contributed by atoms with Crippen LogP contribution in [0.5, 0.6) is 0 Å². The van der Waals surface area contributed by atoms with Gasteiger partial charge in [0.25, 0.3) is 0 Å². The predicted octanol–water partition coefficient (Wildman–Crippen LogP) is 1.66. The number of nitrogens with one attached hydrogen (secondary N) is 2. The molecule has 1 unspecified atom stereocenters. The summed E-state index contributed by atoms with van der Waals surface area (Å²) in [7, 11) is 0. The van der Waals surface area contributed by atoms with E-state index in [0.717, 1.165) is 12.8 Å². The Morgan fingerprint density at radius 2 is 2.05 bits per heavy atom. The molecule has 4 N–H and O–H groups in total. The first kappa shape index (κ1) is 13.5. The standard InChI is InChI=1S/C11H18N6O2/c1-7(8-4-2-3-5-8)15-10-9(17(18)19)11(16-12)14-6-13-10/h6-8H,2-5,12H2,1H3,(H2,13,14,15,16). The largest absolute Gasteiger partial charge is 0.361 e. The van der Waals surface area contributed by atoms with Crippen LogP contribution >= 0.6 is 0 Å². The van der Waals surface area contributed by atoms with Gasteiger partial charge in [-0.2, -0.15) is 0 Å². The number of nitrogen functional groups attached to an aromatic ring is 1. The Morgan fingerprint density at radius 1 is 1.42 bits per heavy atom. The van der Waals surface area contributed by atoms with Gasteiger partial charge in [0.15, 0.2) is 0 Å². The molecule has 0 bridgehead atoms. The number of nitrogens with two attached hydrogens (primary N) is 1. The van der Waals surface area contributed by atoms with Gasteiger partial charge in [-0.3, -0.25) is 10.1 Å². The Morgan fingerprint density at radius 3 is 2.63 bits per heavy atom. The summed E-state index contributed by atoms with van der Waals surface area (Å²) in [5.41, 5.74) is 2.01. The number of rotatable bonds is 5. The molecular formula is C11H18N6O2. The van der Waals surface area contributed by atoms with Crippen molar-refractivity contribution in [2.75, 3.05) is 10.7 Å². The van der Waals surface area contributed by atoms with Crippen LogP contribution in [-0.4, -0.2) is 20.9 Å². The van der Waals surface area contributed by atoms with Crippen LogP contribution in [0.1, 0.15) is 32.6 Å². The van der Waals surface area contributed by atoms with E-state index in [1.165, 1.54) is 19.2 Å². The van der Waals surface area contributed by atoms with Gasteiger partial charge < -0.3 is 10.7 Å². The van der Waals surface area contributed by atoms with Gasteiger partial charge in [-0.25, -0.2) is 15.8 Å². The minimum Gasteiger partial charge on any atom is -0.361 e. The van der Waals surface area contributed by atoms with Crippen LogP contribution in [0, 0.1) is 16.0 Å². The van der Waals surface area contributed by atoms with Crippen molar-refractivity contribution < 1.29 is 4.92 Å². The molecule has 0 aliphatic heterocycles. The predicted molar refractivity (Wildman–Crippen MR) is 71.5 cm³/mol. The summed E-state index contributed by atoms with van der Waals surface area (Å²) >= 11 is 0. The normalized spacial score (nSPS) is 17.2. The lowest BCUT2D eigenvalue weighted by molar-refractivity contribution is -0.383. The molecule has 0 amide bonds. The van der Waals surface area contributed by atoms with E-state index in [4.69, 9.17) is 5.84 Å². The van der Waals surface area contributed by atoms with Gasteiger partial charge in [-0.15, -0.1) is 0 Å². The lowest BCUT2D eigenvalue weighted by Crippen LogP contribution is -2.25. The van der Waals surface area contributed by atoms with Crippen molar-refractivity contribution in [3.8, 4) is 0 Å². The molecule has 1 atom stereocenters. The second-order valence-electron chi connectivity index (χ2n) is 4.80. The minimum absolute atomic E-state index is 0.0149. The molecule has 1 fully saturated rings. The number of hydrogen-bond donors (Lipinski definition) is 3. The van der Waals surface area contributed by atoms with Crippen molar-refractivity contribution in [3.05, 3.63) is 16.4 Å². The zero-order chi connectivity index (χ0) is 13.8. The molecule has 8 nitrogen and oxygen atoms in total. The smallest absolute Gasteiger partial charge is 0.354 e. The summed E-state index contributed by atoms with van der Waals surface area (Å²) in [6.45, 7) is 2.03. The molecule has 1 heterocycles. The zero-order valence-electron chi connectivity index (χ0n) is 10.8. The molecule has 1 aromatic heterocycles. The van der Waals surface area contributed by atoms with Gasteiger partial charge in [-0.05, 0) is 25.7 Å². The molecule has 0 saturated heterocycles. The van der Waals surface area contributed by atoms with E-state index in [1.54, 1.807) is 0 Å². The van der Waals surface area contributed by atoms with Crippen molar-refractivity contribution in [2.24, 2.45) is 11.8 Å². The number of nitro groups is 1. The van der Waals surface area contributed by atoms with Crippen molar-refractivity contribution in [1.29, 1.82) is 0 Å². The second kappa shape index (κ2) is 5.79. The van der Waals surface area contributed by atoms with Crippen LogP contribution in [0.4, 0.5) is 17.3 Å². The summed E-state index contributed by atoms with van der Waals surface area (Å²) in [6, 6.07) is 0.140. The van der Waals surface area contributed by atoms with Gasteiger partial charge in [0.1, 0.15) is 6.33 Å². The first-order chi connectivity index (χ1) is 9.13. The van der Waals surface area contributed by atoms with Crippen LogP contribution in [0.3, 0.4) is 0 Å². The van der Waals surface area contributed by atoms with Crippen LogP contribution in [0.2, 0.25) is 0 Å². The lowest BCUT2D eigenvalue weighted by atomic mass is 10.00. The Balaban J connectivity index is 2.21. The van der Waals surface area contributed by atoms with Crippen molar-refractivity contribution >= 4 is 17.3 Å². The first-order valence-electron chi connectivity index (χ1n) is 6.36. The topological polar surface area (TPSA) is 119 Å². The number of hydrazine groups is 1. The minimum atomic E-state index is -0.529. The second-order valence-corrected chi connectivity index (χ2v) is 4.80. The molecule has 1 aliphatic rings. The highest BCUT2D eigenvalue weighted by atomic mass is 16.6. The molecule has 0 aromatic carbocycles. The van der Waals surface area contributed by atoms with E-state index in [0.29, 0.717) is 5.92 Å². The summed E-state index contributed by atoms with van der Waals surface area (Å²) in [6.07, 6.45) is 5.99. The molecule has 2 rings (SSSR count). The number of anilines is 2. The van der Waals surface area contributed by atoms with Gasteiger partial charge in [0, 0.05) is 6.04 Å². The van der Waals surface area contributed by atoms with Crippen LogP contribution in [-0.2, 0) is 0 Å². The quantitative estimate of drug-likeness (QED) is 0.421. The van der Waals surface area contributed by atoms with E-state index in [2.05, 4.69) is 20.7 Å². The molecule has 1 aliphatic carbocycles. The van der Waals surface area contributed by atoms with Crippen molar-refractivity contribution in [2.45, 2.75) is 38.6 Å². The summed E-state index contributed by atoms with van der Waals surface area (Å²) in [4.78, 5) is 18.3. The average Bonchev–Trinajstić information content (AvgIpc) is 2.92. The van der Waals surface area contributed by atoms with Gasteiger partial charge >= 0.3 is 5.69 Å². The summed E-state index contributed by atoms with van der Waals surface area (Å²) in [5, 5.41) is 14.2. The van der Waals surface area contributed by atoms with Gasteiger partial charge in [-0.1, -0.05) is 12.8 Å².